The highest BCUT2D eigenvalue weighted by atomic mass is 32.1. The van der Waals surface area contributed by atoms with Crippen LogP contribution in [0.25, 0.3) is 11.3 Å². The zero-order chi connectivity index (χ0) is 17.9. The molecular formula is C18H20N6OS. The van der Waals surface area contributed by atoms with Crippen LogP contribution in [0, 0.1) is 6.92 Å². The molecule has 26 heavy (non-hydrogen) atoms. The smallest absolute Gasteiger partial charge is 0.279 e. The number of aromatic nitrogens is 4. The lowest BCUT2D eigenvalue weighted by Crippen LogP contribution is -2.29. The lowest BCUT2D eigenvalue weighted by atomic mass is 10.1. The zero-order valence-corrected chi connectivity index (χ0v) is 15.3. The van der Waals surface area contributed by atoms with Crippen LogP contribution in [-0.4, -0.2) is 39.0 Å². The number of piperidine rings is 1. The molecule has 1 aromatic carbocycles. The summed E-state index contributed by atoms with van der Waals surface area (Å²) >= 11 is 1.40. The van der Waals surface area contributed by atoms with E-state index >= 15 is 0 Å². The van der Waals surface area contributed by atoms with E-state index in [4.69, 9.17) is 0 Å². The standard InChI is InChI=1S/C18H20N6OS/c1-12-4-2-3-5-14(12)16-11-26-18(20-16)21-17(25)15-10-24(23-22-15)13-6-8-19-9-7-13/h2-5,10-11,13,19H,6-9H2,1H3,(H,20,21,25). The van der Waals surface area contributed by atoms with E-state index < -0.39 is 0 Å². The Morgan fingerprint density at radius 1 is 1.31 bits per heavy atom. The second-order valence-electron chi connectivity index (χ2n) is 6.37. The lowest BCUT2D eigenvalue weighted by Gasteiger charge is -2.21. The van der Waals surface area contributed by atoms with Gasteiger partial charge in [-0.25, -0.2) is 9.67 Å². The van der Waals surface area contributed by atoms with E-state index in [1.807, 2.05) is 36.6 Å². The molecule has 8 heteroatoms. The maximum absolute atomic E-state index is 12.5. The van der Waals surface area contributed by atoms with Gasteiger partial charge in [-0.3, -0.25) is 10.1 Å². The van der Waals surface area contributed by atoms with Crippen LogP contribution in [-0.2, 0) is 0 Å². The fourth-order valence-electron chi connectivity index (χ4n) is 3.11. The number of benzene rings is 1. The molecule has 2 N–H and O–H groups in total. The van der Waals surface area contributed by atoms with E-state index in [9.17, 15) is 4.79 Å². The number of amides is 1. The number of rotatable bonds is 4. The third kappa shape index (κ3) is 3.51. The lowest BCUT2D eigenvalue weighted by molar-refractivity contribution is 0.102. The maximum atomic E-state index is 12.5. The Morgan fingerprint density at radius 3 is 2.92 bits per heavy atom. The Bertz CT molecular complexity index is 912. The Hall–Kier alpha value is -2.58. The van der Waals surface area contributed by atoms with Gasteiger partial charge in [0.2, 0.25) is 0 Å². The molecule has 0 aliphatic carbocycles. The van der Waals surface area contributed by atoms with Gasteiger partial charge in [0, 0.05) is 10.9 Å². The van der Waals surface area contributed by atoms with Crippen molar-refractivity contribution < 1.29 is 4.79 Å². The number of carbonyl (C=O) groups excluding carboxylic acids is 1. The first-order chi connectivity index (χ1) is 12.7. The predicted octanol–water partition coefficient (Wildman–Crippen LogP) is 2.89. The van der Waals surface area contributed by atoms with Crippen molar-refractivity contribution in [1.82, 2.24) is 25.3 Å². The summed E-state index contributed by atoms with van der Waals surface area (Å²) in [5.41, 5.74) is 3.40. The maximum Gasteiger partial charge on any atom is 0.279 e. The molecule has 2 aromatic heterocycles. The van der Waals surface area contributed by atoms with Crippen molar-refractivity contribution in [2.75, 3.05) is 18.4 Å². The van der Waals surface area contributed by atoms with E-state index in [0.717, 1.165) is 42.8 Å². The summed E-state index contributed by atoms with van der Waals surface area (Å²) in [7, 11) is 0. The van der Waals surface area contributed by atoms with Crippen molar-refractivity contribution in [2.45, 2.75) is 25.8 Å². The molecule has 0 atom stereocenters. The second-order valence-corrected chi connectivity index (χ2v) is 7.23. The minimum absolute atomic E-state index is 0.282. The highest BCUT2D eigenvalue weighted by molar-refractivity contribution is 7.14. The minimum atomic E-state index is -0.282. The van der Waals surface area contributed by atoms with Crippen LogP contribution in [0.2, 0.25) is 0 Å². The van der Waals surface area contributed by atoms with Gasteiger partial charge in [-0.15, -0.1) is 16.4 Å². The van der Waals surface area contributed by atoms with Gasteiger partial charge >= 0.3 is 0 Å². The SMILES string of the molecule is Cc1ccccc1-c1csc(NC(=O)c2cn(C3CCNCC3)nn2)n1. The molecule has 1 amide bonds. The molecule has 1 aliphatic heterocycles. The van der Waals surface area contributed by atoms with Crippen LogP contribution < -0.4 is 10.6 Å². The first-order valence-electron chi connectivity index (χ1n) is 8.66. The summed E-state index contributed by atoms with van der Waals surface area (Å²) in [6, 6.07) is 8.36. The minimum Gasteiger partial charge on any atom is -0.317 e. The monoisotopic (exact) mass is 368 g/mol. The zero-order valence-electron chi connectivity index (χ0n) is 14.5. The Morgan fingerprint density at radius 2 is 2.12 bits per heavy atom. The number of thiazole rings is 1. The van der Waals surface area contributed by atoms with E-state index in [1.165, 1.54) is 11.3 Å². The molecule has 3 heterocycles. The summed E-state index contributed by atoms with van der Waals surface area (Å²) in [6.45, 7) is 3.98. The molecule has 7 nitrogen and oxygen atoms in total. The van der Waals surface area contributed by atoms with Crippen LogP contribution in [0.1, 0.15) is 34.9 Å². The third-order valence-corrected chi connectivity index (χ3v) is 5.33. The average Bonchev–Trinajstić information content (AvgIpc) is 3.33. The van der Waals surface area contributed by atoms with Gasteiger partial charge in [-0.2, -0.15) is 0 Å². The molecule has 4 rings (SSSR count). The highest BCUT2D eigenvalue weighted by Gasteiger charge is 2.19. The normalized spacial score (nSPS) is 15.1. The van der Waals surface area contributed by atoms with E-state index in [0.29, 0.717) is 16.9 Å². The Labute approximate surface area is 155 Å². The van der Waals surface area contributed by atoms with E-state index in [1.54, 1.807) is 10.9 Å². The molecule has 0 saturated carbocycles. The van der Waals surface area contributed by atoms with Gasteiger partial charge in [0.05, 0.1) is 17.9 Å². The van der Waals surface area contributed by atoms with E-state index in [-0.39, 0.29) is 5.91 Å². The summed E-state index contributed by atoms with van der Waals surface area (Å²) in [4.78, 5) is 17.0. The summed E-state index contributed by atoms with van der Waals surface area (Å²) in [5.74, 6) is -0.282. The molecule has 0 bridgehead atoms. The number of nitrogens with zero attached hydrogens (tertiary/aromatic N) is 4. The molecule has 3 aromatic rings. The van der Waals surface area contributed by atoms with Gasteiger partial charge in [-0.1, -0.05) is 29.5 Å². The van der Waals surface area contributed by atoms with Crippen LogP contribution in [0.3, 0.4) is 0 Å². The van der Waals surface area contributed by atoms with Gasteiger partial charge in [0.25, 0.3) is 5.91 Å². The quantitative estimate of drug-likeness (QED) is 0.740. The molecule has 1 saturated heterocycles. The van der Waals surface area contributed by atoms with Crippen LogP contribution in [0.4, 0.5) is 5.13 Å². The number of nitrogens with one attached hydrogen (secondary N) is 2. The molecule has 0 unspecified atom stereocenters. The van der Waals surface area contributed by atoms with Gasteiger partial charge < -0.3 is 5.32 Å². The first-order valence-corrected chi connectivity index (χ1v) is 9.54. The topological polar surface area (TPSA) is 84.7 Å². The molecule has 1 fully saturated rings. The van der Waals surface area contributed by atoms with Crippen LogP contribution >= 0.6 is 11.3 Å². The highest BCUT2D eigenvalue weighted by Crippen LogP contribution is 2.27. The molecular weight excluding hydrogens is 348 g/mol. The van der Waals surface area contributed by atoms with Crippen molar-refractivity contribution >= 4 is 22.4 Å². The molecule has 0 spiro atoms. The van der Waals surface area contributed by atoms with Gasteiger partial charge in [0.1, 0.15) is 0 Å². The summed E-state index contributed by atoms with van der Waals surface area (Å²) < 4.78 is 1.80. The number of hydrogen-bond donors (Lipinski definition) is 2. The van der Waals surface area contributed by atoms with Crippen molar-refractivity contribution in [3.63, 3.8) is 0 Å². The Kier molecular flexibility index (Phi) is 4.77. The van der Waals surface area contributed by atoms with Crippen molar-refractivity contribution in [2.24, 2.45) is 0 Å². The summed E-state index contributed by atoms with van der Waals surface area (Å²) in [5, 5.41) is 16.8. The Balaban J connectivity index is 1.45. The van der Waals surface area contributed by atoms with Crippen molar-refractivity contribution in [3.8, 4) is 11.3 Å². The fourth-order valence-corrected chi connectivity index (χ4v) is 3.81. The molecule has 0 radical (unpaired) electrons. The van der Waals surface area contributed by atoms with Gasteiger partial charge in [0.15, 0.2) is 10.8 Å². The molecule has 1 aliphatic rings. The number of anilines is 1. The average molecular weight is 368 g/mol. The van der Waals surface area contributed by atoms with Gasteiger partial charge in [-0.05, 0) is 38.4 Å². The fraction of sp³-hybridized carbons (Fsp3) is 0.333. The second kappa shape index (κ2) is 7.35. The summed E-state index contributed by atoms with van der Waals surface area (Å²) in [6.07, 6.45) is 3.72. The van der Waals surface area contributed by atoms with Crippen molar-refractivity contribution in [1.29, 1.82) is 0 Å². The third-order valence-electron chi connectivity index (χ3n) is 4.57. The van der Waals surface area contributed by atoms with Crippen molar-refractivity contribution in [3.05, 3.63) is 47.1 Å². The predicted molar refractivity (Wildman–Crippen MR) is 101 cm³/mol. The van der Waals surface area contributed by atoms with Crippen LogP contribution in [0.5, 0.6) is 0 Å². The number of carbonyl (C=O) groups is 1. The number of aryl methyl sites for hydroxylation is 1. The molecule has 134 valence electrons. The first kappa shape index (κ1) is 16.9. The van der Waals surface area contributed by atoms with E-state index in [2.05, 4.69) is 25.9 Å². The number of hydrogen-bond acceptors (Lipinski definition) is 6. The largest absolute Gasteiger partial charge is 0.317 e. The van der Waals surface area contributed by atoms with Crippen LogP contribution in [0.15, 0.2) is 35.8 Å².